The van der Waals surface area contributed by atoms with Gasteiger partial charge in [-0.25, -0.2) is 4.39 Å². The Morgan fingerprint density at radius 1 is 1.58 bits per heavy atom. The number of hydrogen-bond acceptors (Lipinski definition) is 2. The molecule has 12 heavy (non-hydrogen) atoms. The van der Waals surface area contributed by atoms with E-state index in [1.54, 1.807) is 12.1 Å². The molecule has 0 aromatic heterocycles. The van der Waals surface area contributed by atoms with Crippen LogP contribution in [0.25, 0.3) is 0 Å². The van der Waals surface area contributed by atoms with Crippen LogP contribution in [0.1, 0.15) is 11.6 Å². The lowest BCUT2D eigenvalue weighted by Crippen LogP contribution is -2.15. The Morgan fingerprint density at radius 2 is 2.25 bits per heavy atom. The maximum absolute atomic E-state index is 13.0. The van der Waals surface area contributed by atoms with Gasteiger partial charge in [0.1, 0.15) is 5.82 Å². The Labute approximate surface area is 78.3 Å². The summed E-state index contributed by atoms with van der Waals surface area (Å²) in [5.74, 6) is -0.389. The van der Waals surface area contributed by atoms with Gasteiger partial charge in [-0.2, -0.15) is 0 Å². The molecule has 1 aromatic carbocycles. The van der Waals surface area contributed by atoms with Crippen molar-refractivity contribution in [1.29, 1.82) is 0 Å². The first kappa shape index (κ1) is 9.64. The van der Waals surface area contributed by atoms with Gasteiger partial charge in [0.25, 0.3) is 0 Å². The van der Waals surface area contributed by atoms with E-state index in [1.165, 1.54) is 6.07 Å². The smallest absolute Gasteiger partial charge is 0.128 e. The van der Waals surface area contributed by atoms with E-state index in [9.17, 15) is 4.39 Å². The van der Waals surface area contributed by atoms with Gasteiger partial charge in [0.15, 0.2) is 0 Å². The fourth-order valence-corrected chi connectivity index (χ4v) is 1.28. The molecule has 0 unspecified atom stereocenters. The van der Waals surface area contributed by atoms with Crippen molar-refractivity contribution in [2.75, 3.05) is 6.61 Å². The molecule has 0 aliphatic rings. The number of rotatable bonds is 2. The van der Waals surface area contributed by atoms with E-state index in [0.717, 1.165) is 4.47 Å². The second-order valence-corrected chi connectivity index (χ2v) is 3.37. The van der Waals surface area contributed by atoms with Crippen molar-refractivity contribution in [1.82, 2.24) is 0 Å². The van der Waals surface area contributed by atoms with Crippen molar-refractivity contribution in [3.8, 4) is 0 Å². The molecule has 0 aliphatic heterocycles. The van der Waals surface area contributed by atoms with E-state index in [2.05, 4.69) is 15.9 Å². The fourth-order valence-electron chi connectivity index (χ4n) is 0.897. The molecule has 0 fully saturated rings. The Hall–Kier alpha value is -0.450. The molecular formula is C8H9BrFNO. The number of aliphatic hydroxyl groups excluding tert-OH is 1. The van der Waals surface area contributed by atoms with Crippen LogP contribution in [0.15, 0.2) is 22.7 Å². The number of hydrogen-bond donors (Lipinski definition) is 2. The molecule has 2 nitrogen and oxygen atoms in total. The molecule has 0 saturated carbocycles. The van der Waals surface area contributed by atoms with Gasteiger partial charge in [0.2, 0.25) is 0 Å². The lowest BCUT2D eigenvalue weighted by molar-refractivity contribution is 0.265. The normalized spacial score (nSPS) is 13.0. The van der Waals surface area contributed by atoms with E-state index in [0.29, 0.717) is 5.56 Å². The number of nitrogens with two attached hydrogens (primary N) is 1. The third-order valence-electron chi connectivity index (χ3n) is 1.55. The maximum atomic E-state index is 13.0. The second-order valence-electron chi connectivity index (χ2n) is 2.45. The number of aliphatic hydroxyl groups is 1. The first-order valence-electron chi connectivity index (χ1n) is 3.46. The lowest BCUT2D eigenvalue weighted by atomic mass is 10.1. The Morgan fingerprint density at radius 3 is 2.83 bits per heavy atom. The quantitative estimate of drug-likeness (QED) is 0.815. The maximum Gasteiger partial charge on any atom is 0.128 e. The van der Waals surface area contributed by atoms with Crippen LogP contribution in [-0.4, -0.2) is 11.7 Å². The largest absolute Gasteiger partial charge is 0.394 e. The van der Waals surface area contributed by atoms with Gasteiger partial charge in [0, 0.05) is 10.0 Å². The van der Waals surface area contributed by atoms with Crippen LogP contribution in [0.4, 0.5) is 4.39 Å². The number of halogens is 2. The van der Waals surface area contributed by atoms with Crippen LogP contribution in [0.2, 0.25) is 0 Å². The van der Waals surface area contributed by atoms with E-state index in [4.69, 9.17) is 10.8 Å². The summed E-state index contributed by atoms with van der Waals surface area (Å²) in [5, 5.41) is 8.70. The van der Waals surface area contributed by atoms with Gasteiger partial charge >= 0.3 is 0 Å². The summed E-state index contributed by atoms with van der Waals surface area (Å²) in [6.07, 6.45) is 0. The first-order chi connectivity index (χ1) is 5.65. The summed E-state index contributed by atoms with van der Waals surface area (Å²) < 4.78 is 13.7. The molecule has 66 valence electrons. The molecule has 0 radical (unpaired) electrons. The van der Waals surface area contributed by atoms with Gasteiger partial charge < -0.3 is 10.8 Å². The lowest BCUT2D eigenvalue weighted by Gasteiger charge is -2.09. The van der Waals surface area contributed by atoms with E-state index >= 15 is 0 Å². The number of benzene rings is 1. The predicted molar refractivity (Wildman–Crippen MR) is 48.1 cm³/mol. The second kappa shape index (κ2) is 3.98. The van der Waals surface area contributed by atoms with Crippen molar-refractivity contribution in [3.05, 3.63) is 34.1 Å². The van der Waals surface area contributed by atoms with E-state index in [1.807, 2.05) is 0 Å². The van der Waals surface area contributed by atoms with Gasteiger partial charge in [-0.1, -0.05) is 15.9 Å². The molecule has 0 amide bonds. The molecule has 0 heterocycles. The molecule has 1 atom stereocenters. The topological polar surface area (TPSA) is 46.2 Å². The van der Waals surface area contributed by atoms with Crippen molar-refractivity contribution in [2.45, 2.75) is 6.04 Å². The average molecular weight is 234 g/mol. The Kier molecular flexibility index (Phi) is 3.20. The first-order valence-corrected chi connectivity index (χ1v) is 4.26. The third-order valence-corrected chi connectivity index (χ3v) is 2.05. The highest BCUT2D eigenvalue weighted by molar-refractivity contribution is 9.10. The van der Waals surface area contributed by atoms with Crippen molar-refractivity contribution < 1.29 is 9.50 Å². The standard InChI is InChI=1S/C8H9BrFNO/c9-5-1-2-7(10)6(3-5)8(11)4-12/h1-3,8,12H,4,11H2/t8-/m0/s1. The van der Waals surface area contributed by atoms with Gasteiger partial charge in [-0.15, -0.1) is 0 Å². The van der Waals surface area contributed by atoms with Gasteiger partial charge in [0.05, 0.1) is 12.6 Å². The zero-order chi connectivity index (χ0) is 9.14. The molecule has 1 aromatic rings. The van der Waals surface area contributed by atoms with Crippen LogP contribution in [0.5, 0.6) is 0 Å². The molecule has 0 bridgehead atoms. The molecular weight excluding hydrogens is 225 g/mol. The predicted octanol–water partition coefficient (Wildman–Crippen LogP) is 1.58. The van der Waals surface area contributed by atoms with Crippen molar-refractivity contribution in [2.24, 2.45) is 5.73 Å². The van der Waals surface area contributed by atoms with E-state index in [-0.39, 0.29) is 12.4 Å². The molecule has 0 spiro atoms. The zero-order valence-corrected chi connectivity index (χ0v) is 7.88. The van der Waals surface area contributed by atoms with Crippen molar-refractivity contribution in [3.63, 3.8) is 0 Å². The fraction of sp³-hybridized carbons (Fsp3) is 0.250. The molecule has 0 aliphatic carbocycles. The summed E-state index contributed by atoms with van der Waals surface area (Å²) in [5.41, 5.74) is 5.78. The highest BCUT2D eigenvalue weighted by Gasteiger charge is 2.09. The summed E-state index contributed by atoms with van der Waals surface area (Å²) in [6, 6.07) is 3.82. The molecule has 0 saturated heterocycles. The third kappa shape index (κ3) is 2.03. The van der Waals surface area contributed by atoms with Crippen LogP contribution >= 0.6 is 15.9 Å². The summed E-state index contributed by atoms with van der Waals surface area (Å²) >= 11 is 3.19. The molecule has 3 N–H and O–H groups in total. The van der Waals surface area contributed by atoms with Crippen molar-refractivity contribution >= 4 is 15.9 Å². The Balaban J connectivity index is 3.04. The van der Waals surface area contributed by atoms with Gasteiger partial charge in [-0.3, -0.25) is 0 Å². The molecule has 4 heteroatoms. The van der Waals surface area contributed by atoms with E-state index < -0.39 is 6.04 Å². The zero-order valence-electron chi connectivity index (χ0n) is 6.30. The van der Waals surface area contributed by atoms with Crippen LogP contribution < -0.4 is 5.73 Å². The van der Waals surface area contributed by atoms with Crippen LogP contribution in [0.3, 0.4) is 0 Å². The highest BCUT2D eigenvalue weighted by Crippen LogP contribution is 2.19. The van der Waals surface area contributed by atoms with Crippen LogP contribution in [-0.2, 0) is 0 Å². The Bertz CT molecular complexity index is 280. The van der Waals surface area contributed by atoms with Crippen LogP contribution in [0, 0.1) is 5.82 Å². The highest BCUT2D eigenvalue weighted by atomic mass is 79.9. The average Bonchev–Trinajstić information content (AvgIpc) is 2.08. The summed E-state index contributed by atoms with van der Waals surface area (Å²) in [4.78, 5) is 0. The van der Waals surface area contributed by atoms with Gasteiger partial charge in [-0.05, 0) is 18.2 Å². The SMILES string of the molecule is N[C@@H](CO)c1cc(Br)ccc1F. The summed E-state index contributed by atoms with van der Waals surface area (Å²) in [6.45, 7) is -0.257. The minimum Gasteiger partial charge on any atom is -0.394 e. The minimum absolute atomic E-state index is 0.257. The molecule has 1 rings (SSSR count). The minimum atomic E-state index is -0.650. The summed E-state index contributed by atoms with van der Waals surface area (Å²) in [7, 11) is 0. The monoisotopic (exact) mass is 233 g/mol.